The summed E-state index contributed by atoms with van der Waals surface area (Å²) in [5, 5.41) is 22.8. The Kier molecular flexibility index (Phi) is 5.57. The Morgan fingerprint density at radius 1 is 1.42 bits per heavy atom. The molecule has 0 atom stereocenters. The molecule has 0 fully saturated rings. The monoisotopic (exact) mass is 267 g/mol. The van der Waals surface area contributed by atoms with Crippen LogP contribution in [0.3, 0.4) is 0 Å². The first-order valence-electron chi connectivity index (χ1n) is 6.34. The molecule has 2 N–H and O–H groups in total. The van der Waals surface area contributed by atoms with E-state index in [0.717, 1.165) is 5.69 Å². The zero-order chi connectivity index (χ0) is 14.4. The van der Waals surface area contributed by atoms with Crippen LogP contribution in [0.1, 0.15) is 20.3 Å². The van der Waals surface area contributed by atoms with Crippen molar-refractivity contribution in [1.82, 2.24) is 0 Å². The smallest absolute Gasteiger partial charge is 0.273 e. The molecule has 0 aliphatic rings. The van der Waals surface area contributed by atoms with Gasteiger partial charge in [-0.3, -0.25) is 10.1 Å². The van der Waals surface area contributed by atoms with Crippen LogP contribution in [0.5, 0.6) is 0 Å². The molecule has 19 heavy (non-hydrogen) atoms. The Hall–Kier alpha value is -1.82. The average Bonchev–Trinajstić information content (AvgIpc) is 2.38. The summed E-state index contributed by atoms with van der Waals surface area (Å²) in [5.41, 5.74) is 1.57. The fraction of sp³-hybridized carbons (Fsp3) is 0.538. The highest BCUT2D eigenvalue weighted by Crippen LogP contribution is 2.28. The number of benzene rings is 1. The zero-order valence-electron chi connectivity index (χ0n) is 11.6. The van der Waals surface area contributed by atoms with E-state index >= 15 is 0 Å². The number of non-ortho nitro benzene ring substituents is 1. The largest absolute Gasteiger partial charge is 0.396 e. The molecular weight excluding hydrogens is 246 g/mol. The maximum absolute atomic E-state index is 10.9. The minimum absolute atomic E-state index is 0.0662. The van der Waals surface area contributed by atoms with E-state index in [4.69, 9.17) is 5.11 Å². The molecule has 106 valence electrons. The van der Waals surface area contributed by atoms with Gasteiger partial charge in [0.15, 0.2) is 0 Å². The average molecular weight is 267 g/mol. The molecule has 0 radical (unpaired) electrons. The number of anilines is 2. The lowest BCUT2D eigenvalue weighted by molar-refractivity contribution is -0.384. The minimum atomic E-state index is -0.394. The molecule has 0 heterocycles. The number of aliphatic hydroxyl groups excluding tert-OH is 1. The van der Waals surface area contributed by atoms with Crippen molar-refractivity contribution in [3.05, 3.63) is 28.3 Å². The third-order valence-corrected chi connectivity index (χ3v) is 2.91. The van der Waals surface area contributed by atoms with Crippen molar-refractivity contribution < 1.29 is 10.0 Å². The van der Waals surface area contributed by atoms with E-state index in [0.29, 0.717) is 18.7 Å². The van der Waals surface area contributed by atoms with Crippen molar-refractivity contribution >= 4 is 17.1 Å². The van der Waals surface area contributed by atoms with Crippen LogP contribution >= 0.6 is 0 Å². The summed E-state index contributed by atoms with van der Waals surface area (Å²) < 4.78 is 0. The molecular formula is C13H21N3O3. The van der Waals surface area contributed by atoms with Crippen molar-refractivity contribution in [2.24, 2.45) is 0 Å². The molecule has 0 aliphatic carbocycles. The van der Waals surface area contributed by atoms with Gasteiger partial charge in [-0.05, 0) is 26.3 Å². The molecule has 1 aromatic rings. The fourth-order valence-corrected chi connectivity index (χ4v) is 1.94. The van der Waals surface area contributed by atoms with Crippen LogP contribution in [0, 0.1) is 10.1 Å². The highest BCUT2D eigenvalue weighted by atomic mass is 16.6. The number of rotatable bonds is 7. The SMILES string of the molecule is CNc1cc(N(CCCO)C(C)C)cc([N+](=O)[O-])c1. The first-order chi connectivity index (χ1) is 8.99. The minimum Gasteiger partial charge on any atom is -0.396 e. The Labute approximate surface area is 113 Å². The normalized spacial score (nSPS) is 10.6. The van der Waals surface area contributed by atoms with Crippen LogP contribution in [0.15, 0.2) is 18.2 Å². The molecule has 0 saturated heterocycles. The summed E-state index contributed by atoms with van der Waals surface area (Å²) in [5.74, 6) is 0. The maximum atomic E-state index is 10.9. The molecule has 1 aromatic carbocycles. The van der Waals surface area contributed by atoms with Crippen molar-refractivity contribution in [3.63, 3.8) is 0 Å². The van der Waals surface area contributed by atoms with Crippen LogP contribution in [0.4, 0.5) is 17.1 Å². The standard InChI is InChI=1S/C13H21N3O3/c1-10(2)15(5-4-6-17)12-7-11(14-3)8-13(9-12)16(18)19/h7-10,14,17H,4-6H2,1-3H3. The van der Waals surface area contributed by atoms with Crippen LogP contribution in [-0.4, -0.2) is 36.3 Å². The molecule has 0 aliphatic heterocycles. The summed E-state index contributed by atoms with van der Waals surface area (Å²) in [6.45, 7) is 4.82. The number of hydrogen-bond donors (Lipinski definition) is 2. The lowest BCUT2D eigenvalue weighted by atomic mass is 10.2. The van der Waals surface area contributed by atoms with Crippen LogP contribution in [0.25, 0.3) is 0 Å². The highest BCUT2D eigenvalue weighted by molar-refractivity contribution is 5.64. The number of aliphatic hydroxyl groups is 1. The van der Waals surface area contributed by atoms with Crippen molar-refractivity contribution in [2.75, 3.05) is 30.4 Å². The second-order valence-electron chi connectivity index (χ2n) is 4.61. The first-order valence-corrected chi connectivity index (χ1v) is 6.34. The lowest BCUT2D eigenvalue weighted by Gasteiger charge is -2.29. The van der Waals surface area contributed by atoms with E-state index < -0.39 is 4.92 Å². The van der Waals surface area contributed by atoms with E-state index in [2.05, 4.69) is 5.32 Å². The van der Waals surface area contributed by atoms with Gasteiger partial charge >= 0.3 is 0 Å². The maximum Gasteiger partial charge on any atom is 0.273 e. The number of nitro groups is 1. The van der Waals surface area contributed by atoms with Crippen LogP contribution in [0.2, 0.25) is 0 Å². The Bertz CT molecular complexity index is 435. The van der Waals surface area contributed by atoms with Gasteiger partial charge in [0.2, 0.25) is 0 Å². The second kappa shape index (κ2) is 6.94. The Morgan fingerprint density at radius 2 is 2.11 bits per heavy atom. The molecule has 6 nitrogen and oxygen atoms in total. The zero-order valence-corrected chi connectivity index (χ0v) is 11.6. The van der Waals surface area contributed by atoms with E-state index in [-0.39, 0.29) is 18.3 Å². The van der Waals surface area contributed by atoms with Gasteiger partial charge in [-0.25, -0.2) is 0 Å². The van der Waals surface area contributed by atoms with Gasteiger partial charge in [0, 0.05) is 49.7 Å². The summed E-state index contributed by atoms with van der Waals surface area (Å²) in [6.07, 6.45) is 0.635. The number of hydrogen-bond acceptors (Lipinski definition) is 5. The number of nitro benzene ring substituents is 1. The summed E-state index contributed by atoms with van der Waals surface area (Å²) in [6, 6.07) is 5.16. The molecule has 0 unspecified atom stereocenters. The fourth-order valence-electron chi connectivity index (χ4n) is 1.94. The lowest BCUT2D eigenvalue weighted by Crippen LogP contribution is -2.32. The molecule has 6 heteroatoms. The first kappa shape index (κ1) is 15.2. The molecule has 0 aromatic heterocycles. The van der Waals surface area contributed by atoms with Gasteiger partial charge in [-0.1, -0.05) is 0 Å². The van der Waals surface area contributed by atoms with Gasteiger partial charge in [0.25, 0.3) is 5.69 Å². The van der Waals surface area contributed by atoms with Gasteiger partial charge in [-0.15, -0.1) is 0 Å². The van der Waals surface area contributed by atoms with Gasteiger partial charge < -0.3 is 15.3 Å². The molecule has 1 rings (SSSR count). The molecule has 0 spiro atoms. The third-order valence-electron chi connectivity index (χ3n) is 2.91. The van der Waals surface area contributed by atoms with E-state index in [1.54, 1.807) is 13.1 Å². The molecule has 0 amide bonds. The van der Waals surface area contributed by atoms with Crippen molar-refractivity contribution in [2.45, 2.75) is 26.3 Å². The molecule has 0 bridgehead atoms. The number of nitrogens with one attached hydrogen (secondary N) is 1. The third kappa shape index (κ3) is 4.10. The van der Waals surface area contributed by atoms with Crippen molar-refractivity contribution in [3.8, 4) is 0 Å². The van der Waals surface area contributed by atoms with Gasteiger partial charge in [0.05, 0.1) is 4.92 Å². The van der Waals surface area contributed by atoms with Crippen molar-refractivity contribution in [1.29, 1.82) is 0 Å². The topological polar surface area (TPSA) is 78.6 Å². The summed E-state index contributed by atoms with van der Waals surface area (Å²) in [4.78, 5) is 12.6. The second-order valence-corrected chi connectivity index (χ2v) is 4.61. The van der Waals surface area contributed by atoms with E-state index in [9.17, 15) is 10.1 Å². The van der Waals surface area contributed by atoms with Crippen LogP contribution < -0.4 is 10.2 Å². The number of nitrogens with zero attached hydrogens (tertiary/aromatic N) is 2. The Morgan fingerprint density at radius 3 is 2.58 bits per heavy atom. The predicted octanol–water partition coefficient (Wildman–Crippen LogP) is 2.23. The van der Waals surface area contributed by atoms with E-state index in [1.165, 1.54) is 6.07 Å². The van der Waals surface area contributed by atoms with Gasteiger partial charge in [-0.2, -0.15) is 0 Å². The van der Waals surface area contributed by atoms with E-state index in [1.807, 2.05) is 24.8 Å². The predicted molar refractivity (Wildman–Crippen MR) is 76.8 cm³/mol. The highest BCUT2D eigenvalue weighted by Gasteiger charge is 2.15. The quantitative estimate of drug-likeness (QED) is 0.585. The molecule has 0 saturated carbocycles. The Balaban J connectivity index is 3.13. The summed E-state index contributed by atoms with van der Waals surface area (Å²) in [7, 11) is 1.73. The van der Waals surface area contributed by atoms with Gasteiger partial charge in [0.1, 0.15) is 0 Å². The summed E-state index contributed by atoms with van der Waals surface area (Å²) >= 11 is 0. The van der Waals surface area contributed by atoms with Crippen LogP contribution in [-0.2, 0) is 0 Å².